The number of nitrogens with zero attached hydrogens (tertiary/aromatic N) is 1. The second-order valence-corrected chi connectivity index (χ2v) is 8.24. The van der Waals surface area contributed by atoms with Crippen LogP contribution in [0.2, 0.25) is 0 Å². The minimum atomic E-state index is -3.62. The van der Waals surface area contributed by atoms with Crippen LogP contribution in [0, 0.1) is 6.92 Å². The molecule has 0 aliphatic rings. The van der Waals surface area contributed by atoms with Crippen molar-refractivity contribution in [1.82, 2.24) is 4.31 Å². The Balaban J connectivity index is 2.11. The highest BCUT2D eigenvalue weighted by atomic mass is 32.2. The third-order valence-electron chi connectivity index (χ3n) is 3.43. The number of amides is 1. The van der Waals surface area contributed by atoms with Crippen LogP contribution in [0.15, 0.2) is 40.6 Å². The van der Waals surface area contributed by atoms with Crippen LogP contribution < -0.4 is 5.32 Å². The average molecular weight is 368 g/mol. The van der Waals surface area contributed by atoms with Crippen LogP contribution in [0.1, 0.15) is 15.2 Å². The van der Waals surface area contributed by atoms with Crippen molar-refractivity contribution in [2.75, 3.05) is 32.6 Å². The highest BCUT2D eigenvalue weighted by molar-refractivity contribution is 7.89. The van der Waals surface area contributed by atoms with E-state index in [1.165, 1.54) is 29.9 Å². The number of nitrogens with one attached hydrogen (secondary N) is 1. The number of aryl methyl sites for hydroxylation is 1. The Kier molecular flexibility index (Phi) is 6.11. The first kappa shape index (κ1) is 18.6. The van der Waals surface area contributed by atoms with E-state index in [0.717, 1.165) is 16.9 Å². The highest BCUT2D eigenvalue weighted by Crippen LogP contribution is 2.23. The lowest BCUT2D eigenvalue weighted by atomic mass is 10.2. The molecule has 0 bridgehead atoms. The molecule has 0 spiro atoms. The molecule has 0 aliphatic carbocycles. The van der Waals surface area contributed by atoms with Gasteiger partial charge in [0.15, 0.2) is 0 Å². The van der Waals surface area contributed by atoms with Gasteiger partial charge in [0.2, 0.25) is 10.0 Å². The van der Waals surface area contributed by atoms with E-state index in [0.29, 0.717) is 17.2 Å². The third-order valence-corrected chi connectivity index (χ3v) is 6.34. The highest BCUT2D eigenvalue weighted by Gasteiger charge is 2.23. The van der Waals surface area contributed by atoms with E-state index in [1.807, 2.05) is 19.1 Å². The molecular weight excluding hydrogens is 348 g/mol. The van der Waals surface area contributed by atoms with Crippen LogP contribution in [0.4, 0.5) is 5.69 Å². The van der Waals surface area contributed by atoms with Crippen molar-refractivity contribution in [3.63, 3.8) is 0 Å². The fourth-order valence-corrected chi connectivity index (χ4v) is 4.23. The number of ether oxygens (including phenoxy) is 1. The first-order valence-electron chi connectivity index (χ1n) is 7.26. The molecule has 0 aliphatic heterocycles. The molecule has 1 N–H and O–H groups in total. The van der Waals surface area contributed by atoms with Gasteiger partial charge in [-0.3, -0.25) is 4.79 Å². The number of methoxy groups -OCH3 is 1. The van der Waals surface area contributed by atoms with Crippen molar-refractivity contribution in [3.8, 4) is 0 Å². The summed E-state index contributed by atoms with van der Waals surface area (Å²) in [6.07, 6.45) is 0. The predicted molar refractivity (Wildman–Crippen MR) is 95.1 cm³/mol. The topological polar surface area (TPSA) is 75.7 Å². The number of carbonyl (C=O) groups is 1. The summed E-state index contributed by atoms with van der Waals surface area (Å²) in [5, 5.41) is 4.23. The minimum Gasteiger partial charge on any atom is -0.383 e. The first-order chi connectivity index (χ1) is 11.3. The third kappa shape index (κ3) is 4.41. The van der Waals surface area contributed by atoms with E-state index in [2.05, 4.69) is 5.32 Å². The fraction of sp³-hybridized carbons (Fsp3) is 0.312. The van der Waals surface area contributed by atoms with Gasteiger partial charge >= 0.3 is 0 Å². The molecule has 2 aromatic rings. The minimum absolute atomic E-state index is 0.111. The lowest BCUT2D eigenvalue weighted by molar-refractivity contribution is 0.103. The van der Waals surface area contributed by atoms with Gasteiger partial charge in [0.1, 0.15) is 0 Å². The molecule has 1 amide bonds. The Labute approximate surface area is 146 Å². The quantitative estimate of drug-likeness (QED) is 0.815. The van der Waals surface area contributed by atoms with Gasteiger partial charge in [0, 0.05) is 31.8 Å². The smallest absolute Gasteiger partial charge is 0.265 e. The predicted octanol–water partition coefficient (Wildman–Crippen LogP) is 2.58. The lowest BCUT2D eigenvalue weighted by Gasteiger charge is -2.15. The summed E-state index contributed by atoms with van der Waals surface area (Å²) in [6.45, 7) is 2.52. The molecule has 8 heteroatoms. The monoisotopic (exact) mass is 368 g/mol. The Morgan fingerprint density at radius 2 is 1.96 bits per heavy atom. The van der Waals surface area contributed by atoms with Gasteiger partial charge in [0.25, 0.3) is 5.91 Å². The Morgan fingerprint density at radius 3 is 2.58 bits per heavy atom. The molecule has 1 aromatic carbocycles. The fourth-order valence-electron chi connectivity index (χ4n) is 1.92. The normalized spacial score (nSPS) is 11.7. The summed E-state index contributed by atoms with van der Waals surface area (Å²) < 4.78 is 30.9. The van der Waals surface area contributed by atoms with E-state index in [4.69, 9.17) is 4.74 Å². The van der Waals surface area contributed by atoms with E-state index < -0.39 is 10.0 Å². The largest absolute Gasteiger partial charge is 0.383 e. The molecule has 6 nitrogen and oxygen atoms in total. The Bertz CT molecular complexity index is 798. The van der Waals surface area contributed by atoms with Crippen molar-refractivity contribution >= 4 is 33.0 Å². The zero-order valence-corrected chi connectivity index (χ0v) is 15.4. The summed E-state index contributed by atoms with van der Waals surface area (Å²) in [7, 11) is -0.622. The average Bonchev–Trinajstić information content (AvgIpc) is 3.05. The number of hydrogen-bond acceptors (Lipinski definition) is 5. The first-order valence-corrected chi connectivity index (χ1v) is 9.58. The second kappa shape index (κ2) is 7.89. The SMILES string of the molecule is COCCN(C)S(=O)(=O)c1csc(C(=O)Nc2ccc(C)cc2)c1. The van der Waals surface area contributed by atoms with Gasteiger partial charge in [-0.25, -0.2) is 8.42 Å². The maximum atomic E-state index is 12.4. The molecule has 0 fully saturated rings. The van der Waals surface area contributed by atoms with Crippen molar-refractivity contribution in [2.24, 2.45) is 0 Å². The maximum Gasteiger partial charge on any atom is 0.265 e. The Hall–Kier alpha value is -1.74. The molecule has 24 heavy (non-hydrogen) atoms. The van der Waals surface area contributed by atoms with Crippen molar-refractivity contribution < 1.29 is 17.9 Å². The summed E-state index contributed by atoms with van der Waals surface area (Å²) >= 11 is 1.10. The van der Waals surface area contributed by atoms with Gasteiger partial charge < -0.3 is 10.1 Å². The van der Waals surface area contributed by atoms with Crippen LogP contribution >= 0.6 is 11.3 Å². The molecule has 1 heterocycles. The van der Waals surface area contributed by atoms with Crippen LogP contribution in [0.5, 0.6) is 0 Å². The zero-order valence-electron chi connectivity index (χ0n) is 13.8. The van der Waals surface area contributed by atoms with Crippen molar-refractivity contribution in [1.29, 1.82) is 0 Å². The van der Waals surface area contributed by atoms with Gasteiger partial charge in [-0.2, -0.15) is 4.31 Å². The molecule has 0 unspecified atom stereocenters. The molecule has 2 rings (SSSR count). The van der Waals surface area contributed by atoms with Gasteiger partial charge in [-0.1, -0.05) is 17.7 Å². The molecule has 130 valence electrons. The van der Waals surface area contributed by atoms with E-state index >= 15 is 0 Å². The number of benzene rings is 1. The van der Waals surface area contributed by atoms with Gasteiger partial charge in [0.05, 0.1) is 16.4 Å². The number of carbonyl (C=O) groups excluding carboxylic acids is 1. The van der Waals surface area contributed by atoms with Crippen LogP contribution in [-0.2, 0) is 14.8 Å². The van der Waals surface area contributed by atoms with Crippen LogP contribution in [0.25, 0.3) is 0 Å². The second-order valence-electron chi connectivity index (χ2n) is 5.29. The summed E-state index contributed by atoms with van der Waals surface area (Å²) in [4.78, 5) is 12.7. The lowest BCUT2D eigenvalue weighted by Crippen LogP contribution is -2.29. The summed E-state index contributed by atoms with van der Waals surface area (Å²) in [5.41, 5.74) is 1.76. The van der Waals surface area contributed by atoms with Crippen molar-refractivity contribution in [2.45, 2.75) is 11.8 Å². The van der Waals surface area contributed by atoms with E-state index in [-0.39, 0.29) is 17.3 Å². The molecular formula is C16H20N2O4S2. The van der Waals surface area contributed by atoms with Crippen LogP contribution in [0.3, 0.4) is 0 Å². The number of sulfonamides is 1. The Morgan fingerprint density at radius 1 is 1.29 bits per heavy atom. The number of anilines is 1. The molecule has 0 radical (unpaired) electrons. The van der Waals surface area contributed by atoms with Gasteiger partial charge in [-0.05, 0) is 25.1 Å². The van der Waals surface area contributed by atoms with E-state index in [9.17, 15) is 13.2 Å². The number of thiophene rings is 1. The van der Waals surface area contributed by atoms with Gasteiger partial charge in [-0.15, -0.1) is 11.3 Å². The summed E-state index contributed by atoms with van der Waals surface area (Å²) in [6, 6.07) is 8.79. The summed E-state index contributed by atoms with van der Waals surface area (Å²) in [5.74, 6) is -0.329. The number of likely N-dealkylation sites (N-methyl/N-ethyl adjacent to an activating group) is 1. The zero-order chi connectivity index (χ0) is 17.7. The van der Waals surface area contributed by atoms with Crippen LogP contribution in [-0.4, -0.2) is 45.9 Å². The molecule has 0 saturated carbocycles. The number of rotatable bonds is 7. The van der Waals surface area contributed by atoms with E-state index in [1.54, 1.807) is 12.1 Å². The standard InChI is InChI=1S/C16H20N2O4S2/c1-12-4-6-13(7-5-12)17-16(19)15-10-14(11-23-15)24(20,21)18(2)8-9-22-3/h4-7,10-11H,8-9H2,1-3H3,(H,17,19). The molecule has 1 aromatic heterocycles. The van der Waals surface area contributed by atoms with Crippen molar-refractivity contribution in [3.05, 3.63) is 46.2 Å². The maximum absolute atomic E-state index is 12.4. The number of hydrogen-bond donors (Lipinski definition) is 1. The molecule has 0 saturated heterocycles. The molecule has 0 atom stereocenters.